The van der Waals surface area contributed by atoms with E-state index in [1.54, 1.807) is 18.2 Å². The lowest BCUT2D eigenvalue weighted by atomic mass is 9.86. The third-order valence-corrected chi connectivity index (χ3v) is 3.49. The summed E-state index contributed by atoms with van der Waals surface area (Å²) in [7, 11) is 0. The maximum absolute atomic E-state index is 9.81. The van der Waals surface area contributed by atoms with Crippen LogP contribution in [0.25, 0.3) is 0 Å². The van der Waals surface area contributed by atoms with Crippen molar-refractivity contribution in [3.8, 4) is 5.75 Å². The van der Waals surface area contributed by atoms with Crippen LogP contribution in [0.15, 0.2) is 18.2 Å². The molecular weight excluding hydrogens is 238 g/mol. The summed E-state index contributed by atoms with van der Waals surface area (Å²) in [6, 6.07) is 5.29. The summed E-state index contributed by atoms with van der Waals surface area (Å²) in [5.41, 5.74) is 6.15. The Labute approximate surface area is 107 Å². The van der Waals surface area contributed by atoms with E-state index >= 15 is 0 Å². The molecule has 0 heterocycles. The predicted octanol–water partition coefficient (Wildman–Crippen LogP) is 2.51. The molecule has 0 aromatic heterocycles. The van der Waals surface area contributed by atoms with E-state index in [-0.39, 0.29) is 6.54 Å². The summed E-state index contributed by atoms with van der Waals surface area (Å²) in [5, 5.41) is 10.4. The highest BCUT2D eigenvalue weighted by Crippen LogP contribution is 2.31. The molecule has 2 rings (SSSR count). The second kappa shape index (κ2) is 5.71. The standard InChI is InChI=1S/C13H18ClNO2/c14-10-4-5-13(11(6-10)12(16)7-15)17-8-9-2-1-3-9/h4-6,9,12,16H,1-3,7-8,15H2. The number of hydrogen-bond acceptors (Lipinski definition) is 3. The van der Waals surface area contributed by atoms with Gasteiger partial charge in [0, 0.05) is 17.1 Å². The molecule has 17 heavy (non-hydrogen) atoms. The summed E-state index contributed by atoms with van der Waals surface area (Å²) in [6.45, 7) is 0.881. The zero-order valence-electron chi connectivity index (χ0n) is 9.73. The SMILES string of the molecule is NCC(O)c1cc(Cl)ccc1OCC1CCC1. The Hall–Kier alpha value is -0.770. The summed E-state index contributed by atoms with van der Waals surface area (Å²) in [5.74, 6) is 1.35. The van der Waals surface area contributed by atoms with Crippen LogP contribution in [0.4, 0.5) is 0 Å². The zero-order valence-corrected chi connectivity index (χ0v) is 10.5. The van der Waals surface area contributed by atoms with Gasteiger partial charge in [0.05, 0.1) is 12.7 Å². The first-order chi connectivity index (χ1) is 8.20. The minimum Gasteiger partial charge on any atom is -0.493 e. The molecule has 1 aliphatic carbocycles. The van der Waals surface area contributed by atoms with E-state index in [1.807, 2.05) is 0 Å². The fourth-order valence-electron chi connectivity index (χ4n) is 1.91. The van der Waals surface area contributed by atoms with Gasteiger partial charge in [0.2, 0.25) is 0 Å². The Bertz CT molecular complexity index is 380. The number of halogens is 1. The van der Waals surface area contributed by atoms with Gasteiger partial charge in [-0.1, -0.05) is 18.0 Å². The highest BCUT2D eigenvalue weighted by Gasteiger charge is 2.19. The molecule has 1 aromatic carbocycles. The maximum atomic E-state index is 9.81. The Morgan fingerprint density at radius 2 is 2.24 bits per heavy atom. The monoisotopic (exact) mass is 255 g/mol. The molecule has 1 fully saturated rings. The van der Waals surface area contributed by atoms with Crippen molar-refractivity contribution in [3.05, 3.63) is 28.8 Å². The number of benzene rings is 1. The van der Waals surface area contributed by atoms with Crippen LogP contribution >= 0.6 is 11.6 Å². The van der Waals surface area contributed by atoms with Gasteiger partial charge < -0.3 is 15.6 Å². The van der Waals surface area contributed by atoms with Crippen molar-refractivity contribution in [2.24, 2.45) is 11.7 Å². The average Bonchev–Trinajstić information content (AvgIpc) is 2.27. The first-order valence-electron chi connectivity index (χ1n) is 6.01. The number of rotatable bonds is 5. The van der Waals surface area contributed by atoms with Crippen molar-refractivity contribution in [1.29, 1.82) is 0 Å². The molecule has 0 saturated heterocycles. The number of nitrogens with two attached hydrogens (primary N) is 1. The van der Waals surface area contributed by atoms with Crippen molar-refractivity contribution in [1.82, 2.24) is 0 Å². The van der Waals surface area contributed by atoms with E-state index in [1.165, 1.54) is 19.3 Å². The summed E-state index contributed by atoms with van der Waals surface area (Å²) < 4.78 is 5.74. The van der Waals surface area contributed by atoms with Gasteiger partial charge in [0.1, 0.15) is 5.75 Å². The lowest BCUT2D eigenvalue weighted by Crippen LogP contribution is -2.20. The van der Waals surface area contributed by atoms with Gasteiger partial charge in [-0.3, -0.25) is 0 Å². The lowest BCUT2D eigenvalue weighted by molar-refractivity contribution is 0.159. The van der Waals surface area contributed by atoms with Crippen LogP contribution in [0, 0.1) is 5.92 Å². The van der Waals surface area contributed by atoms with Gasteiger partial charge in [-0.05, 0) is 37.0 Å². The van der Waals surface area contributed by atoms with Crippen LogP contribution < -0.4 is 10.5 Å². The first kappa shape index (κ1) is 12.7. The minimum absolute atomic E-state index is 0.167. The van der Waals surface area contributed by atoms with Crippen molar-refractivity contribution in [2.45, 2.75) is 25.4 Å². The van der Waals surface area contributed by atoms with Gasteiger partial charge in [-0.25, -0.2) is 0 Å². The highest BCUT2D eigenvalue weighted by molar-refractivity contribution is 6.30. The molecule has 3 nitrogen and oxygen atoms in total. The van der Waals surface area contributed by atoms with Crippen LogP contribution in [0.2, 0.25) is 5.02 Å². The molecule has 1 saturated carbocycles. The average molecular weight is 256 g/mol. The molecule has 0 aliphatic heterocycles. The largest absolute Gasteiger partial charge is 0.493 e. The molecule has 1 aromatic rings. The molecule has 94 valence electrons. The first-order valence-corrected chi connectivity index (χ1v) is 6.39. The summed E-state index contributed by atoms with van der Waals surface area (Å²) in [4.78, 5) is 0. The number of ether oxygens (including phenoxy) is 1. The summed E-state index contributed by atoms with van der Waals surface area (Å²) in [6.07, 6.45) is 3.06. The summed E-state index contributed by atoms with van der Waals surface area (Å²) >= 11 is 5.91. The zero-order chi connectivity index (χ0) is 12.3. The molecule has 0 amide bonds. The molecule has 0 spiro atoms. The van der Waals surface area contributed by atoms with Crippen LogP contribution in [0.5, 0.6) is 5.75 Å². The fraction of sp³-hybridized carbons (Fsp3) is 0.538. The van der Waals surface area contributed by atoms with Gasteiger partial charge in [-0.15, -0.1) is 0 Å². The molecule has 1 unspecified atom stereocenters. The van der Waals surface area contributed by atoms with E-state index in [0.29, 0.717) is 28.9 Å². The molecule has 3 N–H and O–H groups in total. The third kappa shape index (κ3) is 3.12. The molecular formula is C13H18ClNO2. The number of hydrogen-bond donors (Lipinski definition) is 2. The Balaban J connectivity index is 2.07. The van der Waals surface area contributed by atoms with Gasteiger partial charge in [-0.2, -0.15) is 0 Å². The molecule has 1 atom stereocenters. The minimum atomic E-state index is -0.718. The molecule has 1 aliphatic rings. The Morgan fingerprint density at radius 1 is 1.47 bits per heavy atom. The second-order valence-corrected chi connectivity index (χ2v) is 4.98. The van der Waals surface area contributed by atoms with Crippen LogP contribution in [0.3, 0.4) is 0 Å². The van der Waals surface area contributed by atoms with E-state index in [0.717, 1.165) is 0 Å². The Kier molecular flexibility index (Phi) is 4.26. The molecule has 0 radical (unpaired) electrons. The smallest absolute Gasteiger partial charge is 0.125 e. The van der Waals surface area contributed by atoms with E-state index < -0.39 is 6.10 Å². The third-order valence-electron chi connectivity index (χ3n) is 3.25. The van der Waals surface area contributed by atoms with Gasteiger partial charge >= 0.3 is 0 Å². The van der Waals surface area contributed by atoms with Crippen molar-refractivity contribution < 1.29 is 9.84 Å². The number of aliphatic hydroxyl groups excluding tert-OH is 1. The van der Waals surface area contributed by atoms with Crippen molar-refractivity contribution in [3.63, 3.8) is 0 Å². The van der Waals surface area contributed by atoms with Gasteiger partial charge in [0.15, 0.2) is 0 Å². The van der Waals surface area contributed by atoms with Crippen molar-refractivity contribution >= 4 is 11.6 Å². The fourth-order valence-corrected chi connectivity index (χ4v) is 2.09. The predicted molar refractivity (Wildman–Crippen MR) is 68.3 cm³/mol. The van der Waals surface area contributed by atoms with Crippen molar-refractivity contribution in [2.75, 3.05) is 13.2 Å². The van der Waals surface area contributed by atoms with Gasteiger partial charge in [0.25, 0.3) is 0 Å². The lowest BCUT2D eigenvalue weighted by Gasteiger charge is -2.26. The second-order valence-electron chi connectivity index (χ2n) is 4.54. The Morgan fingerprint density at radius 3 is 2.82 bits per heavy atom. The normalized spacial score (nSPS) is 17.6. The van der Waals surface area contributed by atoms with E-state index in [9.17, 15) is 5.11 Å². The van der Waals surface area contributed by atoms with Crippen LogP contribution in [-0.2, 0) is 0 Å². The maximum Gasteiger partial charge on any atom is 0.125 e. The van der Waals surface area contributed by atoms with E-state index in [4.69, 9.17) is 22.1 Å². The van der Waals surface area contributed by atoms with Crippen LogP contribution in [0.1, 0.15) is 30.9 Å². The molecule has 4 heteroatoms. The highest BCUT2D eigenvalue weighted by atomic mass is 35.5. The molecule has 0 bridgehead atoms. The van der Waals surface area contributed by atoms with Crippen LogP contribution in [-0.4, -0.2) is 18.3 Å². The number of aliphatic hydroxyl groups is 1. The van der Waals surface area contributed by atoms with E-state index in [2.05, 4.69) is 0 Å². The quantitative estimate of drug-likeness (QED) is 0.850. The topological polar surface area (TPSA) is 55.5 Å².